The van der Waals surface area contributed by atoms with Crippen LogP contribution in [0.15, 0.2) is 0 Å². The molecule has 14 heteroatoms. The van der Waals surface area contributed by atoms with Gasteiger partial charge in [-0.05, 0) is 0 Å². The minimum atomic E-state index is -6.07. The van der Waals surface area contributed by atoms with Gasteiger partial charge < -0.3 is 37.2 Å². The van der Waals surface area contributed by atoms with Gasteiger partial charge in [-0.3, -0.25) is 0 Å². The summed E-state index contributed by atoms with van der Waals surface area (Å²) < 4.78 is 58.9. The summed E-state index contributed by atoms with van der Waals surface area (Å²) >= 11 is -12.1. The van der Waals surface area contributed by atoms with Gasteiger partial charge in [-0.25, -0.2) is 0 Å². The van der Waals surface area contributed by atoms with Crippen molar-refractivity contribution in [3.63, 3.8) is 0 Å². The van der Waals surface area contributed by atoms with Crippen LogP contribution in [0.1, 0.15) is 0 Å². The fraction of sp³-hybridized carbons (Fsp3) is 0. The monoisotopic (exact) mass is 408 g/mol. The van der Waals surface area contributed by atoms with Gasteiger partial charge in [0.1, 0.15) is 0 Å². The summed E-state index contributed by atoms with van der Waals surface area (Å²) in [5.41, 5.74) is 0. The Morgan fingerprint density at radius 3 is 0.929 bits per heavy atom. The molecule has 0 heterocycles. The summed E-state index contributed by atoms with van der Waals surface area (Å²) in [7, 11) is 0. The minimum Gasteiger partial charge on any atom is 4.00 e. The van der Waals surface area contributed by atoms with Gasteiger partial charge in [0, 0.05) is 0 Å². The van der Waals surface area contributed by atoms with E-state index in [0.717, 1.165) is 0 Å². The quantitative estimate of drug-likeness (QED) is 0.415. The van der Waals surface area contributed by atoms with Gasteiger partial charge in [-0.1, -0.05) is 0 Å². The van der Waals surface area contributed by atoms with Crippen LogP contribution >= 0.6 is 0 Å². The first-order valence-electron chi connectivity index (χ1n) is 1.33. The Balaban J connectivity index is -0.0000000320. The van der Waals surface area contributed by atoms with Gasteiger partial charge in [0.2, 0.25) is 0 Å². The number of hydrogen-bond acceptors (Lipinski definition) is 7. The van der Waals surface area contributed by atoms with Crippen LogP contribution in [0.5, 0.6) is 0 Å². The molecule has 0 atom stereocenters. The molecule has 80 valence electrons. The molecular formula is Cl3Cr2KO7Ti. The molecule has 0 bridgehead atoms. The van der Waals surface area contributed by atoms with Crippen molar-refractivity contribution in [2.45, 2.75) is 0 Å². The molecular weight excluding hydrogens is 409 g/mol. The Hall–Kier alpha value is 3.37. The molecule has 0 spiro atoms. The van der Waals surface area contributed by atoms with Crippen molar-refractivity contribution in [2.75, 3.05) is 0 Å². The summed E-state index contributed by atoms with van der Waals surface area (Å²) in [6.45, 7) is 0. The normalized spacial score (nSPS) is 8.71. The Morgan fingerprint density at radius 1 is 0.786 bits per heavy atom. The molecule has 7 nitrogen and oxygen atoms in total. The van der Waals surface area contributed by atoms with Crippen molar-refractivity contribution >= 4 is 0 Å². The summed E-state index contributed by atoms with van der Waals surface area (Å²) in [6, 6.07) is 0. The predicted octanol–water partition coefficient (Wildman–Crippen LogP) is -14.9. The summed E-state index contributed by atoms with van der Waals surface area (Å²) in [4.78, 5) is 0. The SMILES string of the molecule is [Cl-].[Cl-].[Cl-].[K+].[O]=[Cr](=[O])([O-])[O][Cr](=[O])(=[O])[O-].[Ti+4]. The molecule has 0 saturated heterocycles. The van der Waals surface area contributed by atoms with Crippen molar-refractivity contribution in [1.82, 2.24) is 0 Å². The Bertz CT molecular complexity index is 252. The third kappa shape index (κ3) is 36.2. The van der Waals surface area contributed by atoms with Gasteiger partial charge in [0.25, 0.3) is 0 Å². The number of halogens is 3. The Kier molecular flexibility index (Phi) is 37.1. The van der Waals surface area contributed by atoms with Crippen LogP contribution in [-0.2, 0) is 67.0 Å². The van der Waals surface area contributed by atoms with Crippen LogP contribution in [0.25, 0.3) is 0 Å². The van der Waals surface area contributed by atoms with Crippen molar-refractivity contribution in [2.24, 2.45) is 0 Å². The van der Waals surface area contributed by atoms with Crippen molar-refractivity contribution in [1.29, 1.82) is 0 Å². The molecule has 0 fully saturated rings. The van der Waals surface area contributed by atoms with Crippen molar-refractivity contribution in [3.05, 3.63) is 0 Å². The number of hydrogen-bond donors (Lipinski definition) is 0. The topological polar surface area (TPSA) is 124 Å². The second-order valence-corrected chi connectivity index (χ2v) is 4.52. The molecule has 0 saturated carbocycles. The first-order chi connectivity index (χ1) is 3.71. The predicted molar refractivity (Wildman–Crippen MR) is 3.83 cm³/mol. The number of rotatable bonds is 2. The van der Waals surface area contributed by atoms with Crippen LogP contribution in [0, 0.1) is 0 Å². The maximum absolute atomic E-state index is 9.38. The van der Waals surface area contributed by atoms with Gasteiger partial charge >= 0.3 is 127 Å². The van der Waals surface area contributed by atoms with Crippen molar-refractivity contribution < 1.29 is 164 Å². The zero-order valence-electron chi connectivity index (χ0n) is 6.31. The van der Waals surface area contributed by atoms with Gasteiger partial charge in [0.05, 0.1) is 0 Å². The molecule has 0 aromatic rings. The van der Waals surface area contributed by atoms with Crippen molar-refractivity contribution in [3.8, 4) is 0 Å². The fourth-order valence-electron chi connectivity index (χ4n) is 0.102. The first-order valence-corrected chi connectivity index (χ1v) is 5.50. The van der Waals surface area contributed by atoms with E-state index in [1.165, 1.54) is 0 Å². The van der Waals surface area contributed by atoms with E-state index in [-0.39, 0.29) is 110 Å². The molecule has 0 amide bonds. The largest absolute Gasteiger partial charge is 4.00 e. The zero-order chi connectivity index (χ0) is 7.71. The molecule has 0 aliphatic heterocycles. The molecule has 0 N–H and O–H groups in total. The average molecular weight is 409 g/mol. The van der Waals surface area contributed by atoms with Crippen LogP contribution < -0.4 is 96.9 Å². The van der Waals surface area contributed by atoms with E-state index in [0.29, 0.717) is 0 Å². The first kappa shape index (κ1) is 36.0. The molecule has 0 unspecified atom stereocenters. The van der Waals surface area contributed by atoms with E-state index in [1.54, 1.807) is 0 Å². The molecule has 0 rings (SSSR count). The molecule has 0 aromatic carbocycles. The van der Waals surface area contributed by atoms with Crippen LogP contribution in [0.4, 0.5) is 0 Å². The van der Waals surface area contributed by atoms with Crippen LogP contribution in [0.2, 0.25) is 0 Å². The maximum atomic E-state index is 9.38. The smallest absolute Gasteiger partial charge is 4.00 e. The van der Waals surface area contributed by atoms with E-state index in [9.17, 15) is 23.5 Å². The Labute approximate surface area is 160 Å². The molecule has 0 aliphatic carbocycles. The second kappa shape index (κ2) is 14.4. The second-order valence-electron chi connectivity index (χ2n) is 0.885. The van der Waals surface area contributed by atoms with E-state index in [2.05, 4.69) is 2.84 Å². The molecule has 14 heavy (non-hydrogen) atoms. The van der Waals surface area contributed by atoms with Crippen LogP contribution in [0.3, 0.4) is 0 Å². The minimum absolute atomic E-state index is 0. The summed E-state index contributed by atoms with van der Waals surface area (Å²) in [5, 5.41) is 0. The molecule has 0 aliphatic rings. The third-order valence-electron chi connectivity index (χ3n) is 0.167. The summed E-state index contributed by atoms with van der Waals surface area (Å²) in [6.07, 6.45) is 0. The maximum Gasteiger partial charge on any atom is 4.00 e. The molecule has 0 radical (unpaired) electrons. The Morgan fingerprint density at radius 2 is 0.929 bits per heavy atom. The third-order valence-corrected chi connectivity index (χ3v) is 2.83. The van der Waals surface area contributed by atoms with E-state index in [1.807, 2.05) is 0 Å². The van der Waals surface area contributed by atoms with Crippen LogP contribution in [-0.4, -0.2) is 0 Å². The molecule has 0 aromatic heterocycles. The summed E-state index contributed by atoms with van der Waals surface area (Å²) in [5.74, 6) is 0. The van der Waals surface area contributed by atoms with Gasteiger partial charge in [-0.15, -0.1) is 0 Å². The standard InChI is InChI=1S/3ClH.2Cr.K.7O.Ti/h3*1H;;;;;;;;;;;/q;;;;;+1;;;;;;2*-1;+4/p-3. The fourth-order valence-corrected chi connectivity index (χ4v) is 1.74. The van der Waals surface area contributed by atoms with E-state index >= 15 is 0 Å². The van der Waals surface area contributed by atoms with E-state index in [4.69, 9.17) is 0 Å². The van der Waals surface area contributed by atoms with Gasteiger partial charge in [0.15, 0.2) is 0 Å². The van der Waals surface area contributed by atoms with Gasteiger partial charge in [-0.2, -0.15) is 0 Å². The zero-order valence-corrected chi connectivity index (χ0v) is 15.8. The average Bonchev–Trinajstić information content (AvgIpc) is 1.14. The van der Waals surface area contributed by atoms with E-state index < -0.39 is 27.2 Å².